The minimum absolute atomic E-state index is 0.00260. The number of hydrogen-bond donors (Lipinski definition) is 1. The molecule has 0 unspecified atom stereocenters. The zero-order valence-corrected chi connectivity index (χ0v) is 13.9. The lowest BCUT2D eigenvalue weighted by Crippen LogP contribution is -2.52. The standard InChI is InChI=1S/C17H26N2O3/c1-11(2)10-19-13(4)15(7-8-16(19)20)17(21)18-9-14-6-5-12(3)22-14/h5-6,11,13,15H,7-10H2,1-4H3,(H,18,21)/t13-,15-/m1/s1. The monoisotopic (exact) mass is 306 g/mol. The molecule has 122 valence electrons. The minimum Gasteiger partial charge on any atom is -0.465 e. The van der Waals surface area contributed by atoms with Crippen molar-refractivity contribution in [1.82, 2.24) is 10.2 Å². The van der Waals surface area contributed by atoms with Crippen LogP contribution >= 0.6 is 0 Å². The molecule has 2 rings (SSSR count). The van der Waals surface area contributed by atoms with E-state index in [0.717, 1.165) is 11.5 Å². The Hall–Kier alpha value is -1.78. The van der Waals surface area contributed by atoms with E-state index in [9.17, 15) is 9.59 Å². The number of nitrogens with zero attached hydrogens (tertiary/aromatic N) is 1. The van der Waals surface area contributed by atoms with E-state index < -0.39 is 0 Å². The van der Waals surface area contributed by atoms with Crippen molar-refractivity contribution in [2.24, 2.45) is 11.8 Å². The van der Waals surface area contributed by atoms with Crippen LogP contribution in [0.5, 0.6) is 0 Å². The van der Waals surface area contributed by atoms with Crippen LogP contribution in [0.25, 0.3) is 0 Å². The van der Waals surface area contributed by atoms with Crippen LogP contribution < -0.4 is 5.32 Å². The molecule has 1 saturated heterocycles. The number of furan rings is 1. The molecule has 1 aliphatic heterocycles. The van der Waals surface area contributed by atoms with E-state index in [-0.39, 0.29) is 23.8 Å². The molecule has 1 aromatic heterocycles. The molecular formula is C17H26N2O3. The third kappa shape index (κ3) is 3.90. The number of piperidine rings is 1. The number of carbonyl (C=O) groups is 2. The first kappa shape index (κ1) is 16.6. The molecule has 2 amide bonds. The highest BCUT2D eigenvalue weighted by atomic mass is 16.3. The Labute approximate surface area is 132 Å². The third-order valence-electron chi connectivity index (χ3n) is 4.19. The van der Waals surface area contributed by atoms with E-state index in [1.165, 1.54) is 0 Å². The predicted octanol–water partition coefficient (Wildman–Crippen LogP) is 2.49. The Morgan fingerprint density at radius 3 is 2.77 bits per heavy atom. The van der Waals surface area contributed by atoms with Crippen LogP contribution in [-0.2, 0) is 16.1 Å². The van der Waals surface area contributed by atoms with E-state index in [0.29, 0.717) is 31.8 Å². The van der Waals surface area contributed by atoms with E-state index in [1.807, 2.05) is 30.9 Å². The van der Waals surface area contributed by atoms with Gasteiger partial charge < -0.3 is 14.6 Å². The molecule has 0 radical (unpaired) electrons. The van der Waals surface area contributed by atoms with Gasteiger partial charge in [-0.05, 0) is 38.3 Å². The summed E-state index contributed by atoms with van der Waals surface area (Å²) >= 11 is 0. The number of aryl methyl sites for hydroxylation is 1. The summed E-state index contributed by atoms with van der Waals surface area (Å²) in [6.07, 6.45) is 1.08. The highest BCUT2D eigenvalue weighted by molar-refractivity contribution is 5.84. The topological polar surface area (TPSA) is 62.6 Å². The maximum atomic E-state index is 12.4. The zero-order chi connectivity index (χ0) is 16.3. The van der Waals surface area contributed by atoms with Crippen LogP contribution in [0, 0.1) is 18.8 Å². The van der Waals surface area contributed by atoms with Crippen molar-refractivity contribution in [2.75, 3.05) is 6.54 Å². The van der Waals surface area contributed by atoms with Crippen molar-refractivity contribution < 1.29 is 14.0 Å². The third-order valence-corrected chi connectivity index (χ3v) is 4.19. The van der Waals surface area contributed by atoms with Crippen LogP contribution in [0.1, 0.15) is 45.1 Å². The SMILES string of the molecule is Cc1ccc(CNC(=O)[C@@H]2CCC(=O)N(CC(C)C)[C@@H]2C)o1. The van der Waals surface area contributed by atoms with E-state index in [2.05, 4.69) is 19.2 Å². The number of rotatable bonds is 5. The molecule has 0 saturated carbocycles. The Morgan fingerprint density at radius 2 is 2.18 bits per heavy atom. The minimum atomic E-state index is -0.146. The van der Waals surface area contributed by atoms with Crippen molar-refractivity contribution in [3.63, 3.8) is 0 Å². The van der Waals surface area contributed by atoms with Gasteiger partial charge in [0.1, 0.15) is 11.5 Å². The van der Waals surface area contributed by atoms with Gasteiger partial charge in [0.25, 0.3) is 0 Å². The number of hydrogen-bond acceptors (Lipinski definition) is 3. The Bertz CT molecular complexity index is 536. The van der Waals surface area contributed by atoms with Crippen LogP contribution in [0.3, 0.4) is 0 Å². The van der Waals surface area contributed by atoms with Crippen LogP contribution in [0.4, 0.5) is 0 Å². The van der Waals surface area contributed by atoms with Crippen molar-refractivity contribution in [1.29, 1.82) is 0 Å². The molecule has 0 spiro atoms. The quantitative estimate of drug-likeness (QED) is 0.909. The second-order valence-electron chi connectivity index (χ2n) is 6.56. The van der Waals surface area contributed by atoms with Gasteiger partial charge >= 0.3 is 0 Å². The normalized spacial score (nSPS) is 22.2. The number of carbonyl (C=O) groups excluding carboxylic acids is 2. The fourth-order valence-corrected chi connectivity index (χ4v) is 3.01. The highest BCUT2D eigenvalue weighted by Crippen LogP contribution is 2.25. The largest absolute Gasteiger partial charge is 0.465 e. The molecule has 2 atom stereocenters. The molecule has 0 aromatic carbocycles. The fourth-order valence-electron chi connectivity index (χ4n) is 3.01. The Balaban J connectivity index is 1.95. The highest BCUT2D eigenvalue weighted by Gasteiger charge is 2.36. The Kier molecular flexibility index (Phi) is 5.27. The smallest absolute Gasteiger partial charge is 0.225 e. The van der Waals surface area contributed by atoms with Crippen molar-refractivity contribution in [3.8, 4) is 0 Å². The van der Waals surface area contributed by atoms with E-state index >= 15 is 0 Å². The first-order chi connectivity index (χ1) is 10.4. The van der Waals surface area contributed by atoms with E-state index in [1.54, 1.807) is 0 Å². The summed E-state index contributed by atoms with van der Waals surface area (Å²) in [4.78, 5) is 26.4. The lowest BCUT2D eigenvalue weighted by atomic mass is 9.88. The van der Waals surface area contributed by atoms with Gasteiger partial charge in [0, 0.05) is 19.0 Å². The average molecular weight is 306 g/mol. The lowest BCUT2D eigenvalue weighted by Gasteiger charge is -2.39. The van der Waals surface area contributed by atoms with Gasteiger partial charge in [-0.2, -0.15) is 0 Å². The molecule has 1 fully saturated rings. The zero-order valence-electron chi connectivity index (χ0n) is 13.9. The second-order valence-corrected chi connectivity index (χ2v) is 6.56. The van der Waals surface area contributed by atoms with Crippen molar-refractivity contribution >= 4 is 11.8 Å². The molecule has 1 N–H and O–H groups in total. The van der Waals surface area contributed by atoms with Gasteiger partial charge in [-0.15, -0.1) is 0 Å². The summed E-state index contributed by atoms with van der Waals surface area (Å²) in [7, 11) is 0. The van der Waals surface area contributed by atoms with Gasteiger partial charge in [0.05, 0.1) is 12.5 Å². The van der Waals surface area contributed by atoms with Crippen molar-refractivity contribution in [2.45, 2.75) is 53.1 Å². The van der Waals surface area contributed by atoms with Gasteiger partial charge in [0.2, 0.25) is 11.8 Å². The Morgan fingerprint density at radius 1 is 1.45 bits per heavy atom. The number of nitrogens with one attached hydrogen (secondary N) is 1. The summed E-state index contributed by atoms with van der Waals surface area (Å²) in [6.45, 7) is 9.13. The summed E-state index contributed by atoms with van der Waals surface area (Å²) in [5.41, 5.74) is 0. The molecular weight excluding hydrogens is 280 g/mol. The molecule has 22 heavy (non-hydrogen) atoms. The maximum Gasteiger partial charge on any atom is 0.225 e. The first-order valence-corrected chi connectivity index (χ1v) is 8.01. The predicted molar refractivity (Wildman–Crippen MR) is 84.0 cm³/mol. The molecule has 0 bridgehead atoms. The van der Waals surface area contributed by atoms with Gasteiger partial charge in [0.15, 0.2) is 0 Å². The molecule has 1 aliphatic rings. The molecule has 2 heterocycles. The summed E-state index contributed by atoms with van der Waals surface area (Å²) in [5, 5.41) is 2.93. The summed E-state index contributed by atoms with van der Waals surface area (Å²) in [6, 6.07) is 3.70. The molecule has 0 aliphatic carbocycles. The van der Waals surface area contributed by atoms with Crippen LogP contribution in [0.2, 0.25) is 0 Å². The fraction of sp³-hybridized carbons (Fsp3) is 0.647. The maximum absolute atomic E-state index is 12.4. The van der Waals surface area contributed by atoms with Gasteiger partial charge in [-0.25, -0.2) is 0 Å². The molecule has 5 heteroatoms. The molecule has 1 aromatic rings. The summed E-state index contributed by atoms with van der Waals surface area (Å²) in [5.74, 6) is 2.01. The molecule has 5 nitrogen and oxygen atoms in total. The summed E-state index contributed by atoms with van der Waals surface area (Å²) < 4.78 is 5.46. The number of amides is 2. The van der Waals surface area contributed by atoms with Gasteiger partial charge in [-0.1, -0.05) is 13.8 Å². The van der Waals surface area contributed by atoms with Gasteiger partial charge in [-0.3, -0.25) is 9.59 Å². The first-order valence-electron chi connectivity index (χ1n) is 8.01. The average Bonchev–Trinajstić information content (AvgIpc) is 2.86. The second kappa shape index (κ2) is 6.99. The van der Waals surface area contributed by atoms with Crippen molar-refractivity contribution in [3.05, 3.63) is 23.7 Å². The lowest BCUT2D eigenvalue weighted by molar-refractivity contribution is -0.143. The van der Waals surface area contributed by atoms with Crippen LogP contribution in [0.15, 0.2) is 16.5 Å². The van der Waals surface area contributed by atoms with E-state index in [4.69, 9.17) is 4.42 Å². The van der Waals surface area contributed by atoms with Crippen LogP contribution in [-0.4, -0.2) is 29.3 Å². The number of likely N-dealkylation sites (tertiary alicyclic amines) is 1.